The van der Waals surface area contributed by atoms with Crippen LogP contribution in [0.2, 0.25) is 0 Å². The smallest absolute Gasteiger partial charge is 0.379 e. The molecule has 2 N–H and O–H groups in total. The van der Waals surface area contributed by atoms with Gasteiger partial charge < -0.3 is 14.5 Å². The van der Waals surface area contributed by atoms with Crippen LogP contribution in [-0.2, 0) is 0 Å². The molecule has 0 bridgehead atoms. The summed E-state index contributed by atoms with van der Waals surface area (Å²) in [4.78, 5) is 37.5. The number of furan rings is 1. The maximum atomic E-state index is 12.7. The number of hydrogen-bond acceptors (Lipinski definition) is 6. The molecule has 0 atom stereocenters. The summed E-state index contributed by atoms with van der Waals surface area (Å²) >= 11 is 10.1. The molecule has 0 saturated heterocycles. The van der Waals surface area contributed by atoms with E-state index in [0.29, 0.717) is 25.8 Å². The zero-order valence-corrected chi connectivity index (χ0v) is 23.5. The third kappa shape index (κ3) is 7.03. The summed E-state index contributed by atoms with van der Waals surface area (Å²) in [7, 11) is 0. The van der Waals surface area contributed by atoms with E-state index in [0.717, 1.165) is 4.47 Å². The summed E-state index contributed by atoms with van der Waals surface area (Å²) < 4.78 is 12.6. The Bertz CT molecular complexity index is 1490. The van der Waals surface area contributed by atoms with Gasteiger partial charge in [0.2, 0.25) is 5.76 Å². The topological polar surface area (TPSA) is 110 Å². The average Bonchev–Trinajstić information content (AvgIpc) is 3.42. The van der Waals surface area contributed by atoms with Crippen LogP contribution in [0, 0.1) is 0 Å². The molecule has 37 heavy (non-hydrogen) atoms. The molecule has 4 rings (SSSR count). The Morgan fingerprint density at radius 1 is 0.838 bits per heavy atom. The molecule has 4 aromatic rings. The minimum atomic E-state index is -0.686. The largest absolute Gasteiger partial charge is 0.457 e. The molecular formula is C26H16Br3N3O5. The molecule has 0 aliphatic carbocycles. The first-order valence-electron chi connectivity index (χ1n) is 10.6. The van der Waals surface area contributed by atoms with Crippen LogP contribution in [0.3, 0.4) is 0 Å². The lowest BCUT2D eigenvalue weighted by molar-refractivity contribution is 0.0699. The van der Waals surface area contributed by atoms with E-state index in [4.69, 9.17) is 9.15 Å². The summed E-state index contributed by atoms with van der Waals surface area (Å²) in [6.45, 7) is 0. The van der Waals surface area contributed by atoms with Gasteiger partial charge in [0.1, 0.15) is 0 Å². The number of rotatable bonds is 7. The molecule has 0 aliphatic heterocycles. The Balaban J connectivity index is 1.45. The summed E-state index contributed by atoms with van der Waals surface area (Å²) in [6.07, 6.45) is 2.71. The molecule has 0 aliphatic rings. The SMILES string of the molecule is O=C(NN=Cc1cc(Br)cc(Br)c1OC(=O)c1ccco1)c1cccc(NC(=O)c2ccc(Br)cc2)c1. The van der Waals surface area contributed by atoms with Gasteiger partial charge in [-0.05, 0) is 82.7 Å². The summed E-state index contributed by atoms with van der Waals surface area (Å²) in [5, 5.41) is 6.77. The molecule has 0 radical (unpaired) electrons. The molecule has 11 heteroatoms. The Morgan fingerprint density at radius 2 is 1.62 bits per heavy atom. The fraction of sp³-hybridized carbons (Fsp3) is 0. The van der Waals surface area contributed by atoms with Crippen molar-refractivity contribution in [3.05, 3.63) is 115 Å². The molecule has 1 heterocycles. The van der Waals surface area contributed by atoms with Crippen LogP contribution in [0.4, 0.5) is 5.69 Å². The predicted octanol–water partition coefficient (Wildman–Crippen LogP) is 6.80. The molecule has 8 nitrogen and oxygen atoms in total. The molecular weight excluding hydrogens is 674 g/mol. The van der Waals surface area contributed by atoms with E-state index in [1.807, 2.05) is 0 Å². The quantitative estimate of drug-likeness (QED) is 0.0960. The summed E-state index contributed by atoms with van der Waals surface area (Å²) in [6, 6.07) is 19.8. The lowest BCUT2D eigenvalue weighted by Crippen LogP contribution is -2.18. The molecule has 3 aromatic carbocycles. The van der Waals surface area contributed by atoms with Gasteiger partial charge in [-0.25, -0.2) is 10.2 Å². The molecule has 0 spiro atoms. The fourth-order valence-corrected chi connectivity index (χ4v) is 4.69. The highest BCUT2D eigenvalue weighted by molar-refractivity contribution is 9.11. The van der Waals surface area contributed by atoms with Crippen LogP contribution in [0.25, 0.3) is 0 Å². The normalized spacial score (nSPS) is 10.8. The number of hydrazone groups is 1. The van der Waals surface area contributed by atoms with Crippen molar-refractivity contribution in [1.29, 1.82) is 0 Å². The van der Waals surface area contributed by atoms with Crippen LogP contribution in [0.5, 0.6) is 5.75 Å². The number of halogens is 3. The molecule has 186 valence electrons. The lowest BCUT2D eigenvalue weighted by atomic mass is 10.1. The van der Waals surface area contributed by atoms with Crippen molar-refractivity contribution >= 4 is 77.5 Å². The Kier molecular flexibility index (Phi) is 8.70. The lowest BCUT2D eigenvalue weighted by Gasteiger charge is -2.10. The van der Waals surface area contributed by atoms with E-state index in [9.17, 15) is 14.4 Å². The van der Waals surface area contributed by atoms with Gasteiger partial charge in [-0.3, -0.25) is 9.59 Å². The highest BCUT2D eigenvalue weighted by Crippen LogP contribution is 2.32. The van der Waals surface area contributed by atoms with E-state index < -0.39 is 11.9 Å². The van der Waals surface area contributed by atoms with Crippen molar-refractivity contribution in [3.63, 3.8) is 0 Å². The fourth-order valence-electron chi connectivity index (χ4n) is 3.09. The van der Waals surface area contributed by atoms with E-state index in [-0.39, 0.29) is 23.0 Å². The standard InChI is InChI=1S/C26H16Br3N3O5/c27-18-8-6-15(7-9-18)24(33)31-20-4-1-3-16(12-20)25(34)32-30-14-17-11-19(28)13-21(29)23(17)37-26(35)22-5-2-10-36-22/h1-14H,(H,31,33)(H,32,34). The van der Waals surface area contributed by atoms with E-state index >= 15 is 0 Å². The van der Waals surface area contributed by atoms with Crippen molar-refractivity contribution < 1.29 is 23.5 Å². The maximum Gasteiger partial charge on any atom is 0.379 e. The van der Waals surface area contributed by atoms with Crippen LogP contribution in [0.15, 0.2) is 102 Å². The van der Waals surface area contributed by atoms with Gasteiger partial charge >= 0.3 is 5.97 Å². The number of hydrogen-bond donors (Lipinski definition) is 2. The molecule has 0 fully saturated rings. The number of nitrogens with zero attached hydrogens (tertiary/aromatic N) is 1. The number of ether oxygens (including phenoxy) is 1. The van der Waals surface area contributed by atoms with Crippen LogP contribution < -0.4 is 15.5 Å². The first kappa shape index (κ1) is 26.5. The van der Waals surface area contributed by atoms with E-state index in [1.165, 1.54) is 24.6 Å². The van der Waals surface area contributed by atoms with Crippen molar-refractivity contribution in [2.75, 3.05) is 5.32 Å². The first-order chi connectivity index (χ1) is 17.8. The van der Waals surface area contributed by atoms with Gasteiger partial charge in [0.25, 0.3) is 11.8 Å². The zero-order valence-electron chi connectivity index (χ0n) is 18.7. The van der Waals surface area contributed by atoms with E-state index in [2.05, 4.69) is 63.6 Å². The van der Waals surface area contributed by atoms with Crippen LogP contribution >= 0.6 is 47.8 Å². The van der Waals surface area contributed by atoms with Gasteiger partial charge in [0, 0.05) is 31.3 Å². The number of carbonyl (C=O) groups is 3. The van der Waals surface area contributed by atoms with Crippen molar-refractivity contribution in [1.82, 2.24) is 5.43 Å². The number of carbonyl (C=O) groups excluding carboxylic acids is 3. The monoisotopic (exact) mass is 687 g/mol. The van der Waals surface area contributed by atoms with E-state index in [1.54, 1.807) is 60.7 Å². The van der Waals surface area contributed by atoms with Gasteiger partial charge in [-0.1, -0.05) is 37.9 Å². The second kappa shape index (κ2) is 12.1. The average molecular weight is 690 g/mol. The molecule has 2 amide bonds. The van der Waals surface area contributed by atoms with Gasteiger partial charge in [-0.15, -0.1) is 0 Å². The highest BCUT2D eigenvalue weighted by Gasteiger charge is 2.17. The van der Waals surface area contributed by atoms with Crippen LogP contribution in [-0.4, -0.2) is 24.0 Å². The molecule has 1 aromatic heterocycles. The minimum absolute atomic E-state index is 0.0399. The third-order valence-electron chi connectivity index (χ3n) is 4.81. The third-order valence-corrected chi connectivity index (χ3v) is 6.39. The number of esters is 1. The number of nitrogens with one attached hydrogen (secondary N) is 2. The number of benzene rings is 3. The van der Waals surface area contributed by atoms with Gasteiger partial charge in [0.15, 0.2) is 5.75 Å². The second-order valence-corrected chi connectivity index (χ2v) is 10.1. The number of anilines is 1. The maximum absolute atomic E-state index is 12.7. The second-order valence-electron chi connectivity index (χ2n) is 7.41. The van der Waals surface area contributed by atoms with Gasteiger partial charge in [0.05, 0.1) is 17.0 Å². The molecule has 0 saturated carbocycles. The summed E-state index contributed by atoms with van der Waals surface area (Å²) in [5.74, 6) is -1.26. The van der Waals surface area contributed by atoms with Gasteiger partial charge in [-0.2, -0.15) is 5.10 Å². The summed E-state index contributed by atoms with van der Waals surface area (Å²) in [5.41, 5.74) is 4.06. The number of amides is 2. The van der Waals surface area contributed by atoms with Crippen molar-refractivity contribution in [2.24, 2.45) is 5.10 Å². The first-order valence-corrected chi connectivity index (χ1v) is 12.9. The zero-order chi connectivity index (χ0) is 26.4. The predicted molar refractivity (Wildman–Crippen MR) is 149 cm³/mol. The highest BCUT2D eigenvalue weighted by atomic mass is 79.9. The minimum Gasteiger partial charge on any atom is -0.457 e. The van der Waals surface area contributed by atoms with Crippen molar-refractivity contribution in [3.8, 4) is 5.75 Å². The Hall–Kier alpha value is -3.54. The molecule has 0 unspecified atom stereocenters. The van der Waals surface area contributed by atoms with Crippen LogP contribution in [0.1, 0.15) is 36.8 Å². The van der Waals surface area contributed by atoms with Crippen molar-refractivity contribution in [2.45, 2.75) is 0 Å². The Labute approximate surface area is 236 Å². The Morgan fingerprint density at radius 3 is 2.35 bits per heavy atom.